The van der Waals surface area contributed by atoms with Crippen molar-refractivity contribution < 1.29 is 14.3 Å². The van der Waals surface area contributed by atoms with Crippen LogP contribution in [0.5, 0.6) is 11.5 Å². The van der Waals surface area contributed by atoms with E-state index < -0.39 is 0 Å². The lowest BCUT2D eigenvalue weighted by Gasteiger charge is -2.14. The maximum Gasteiger partial charge on any atom is 0.251 e. The van der Waals surface area contributed by atoms with E-state index in [0.29, 0.717) is 18.5 Å². The van der Waals surface area contributed by atoms with Crippen LogP contribution in [-0.2, 0) is 6.42 Å². The molecule has 4 heteroatoms. The minimum absolute atomic E-state index is 0.0650. The van der Waals surface area contributed by atoms with Crippen LogP contribution in [0.25, 0.3) is 0 Å². The Balaban J connectivity index is 2.00. The summed E-state index contributed by atoms with van der Waals surface area (Å²) in [5, 5.41) is 2.92. The smallest absolute Gasteiger partial charge is 0.251 e. The fraction of sp³-hybridized carbons (Fsp3) is 0.278. The van der Waals surface area contributed by atoms with Crippen LogP contribution < -0.4 is 14.8 Å². The number of nitrogens with one attached hydrogen (secondary N) is 1. The summed E-state index contributed by atoms with van der Waals surface area (Å²) in [6.45, 7) is 2.51. The SMILES string of the molecule is COc1ccc(CCNC(=O)c2ccccc2)c(OC)c1C. The van der Waals surface area contributed by atoms with Crippen LogP contribution in [0.3, 0.4) is 0 Å². The van der Waals surface area contributed by atoms with Gasteiger partial charge in [0.2, 0.25) is 0 Å². The van der Waals surface area contributed by atoms with E-state index in [4.69, 9.17) is 9.47 Å². The van der Waals surface area contributed by atoms with Crippen LogP contribution in [0, 0.1) is 6.92 Å². The van der Waals surface area contributed by atoms with Crippen LogP contribution in [0.15, 0.2) is 42.5 Å². The number of hydrogen-bond acceptors (Lipinski definition) is 3. The second-order valence-corrected chi connectivity index (χ2v) is 4.96. The number of carbonyl (C=O) groups excluding carboxylic acids is 1. The third kappa shape index (κ3) is 3.58. The Hall–Kier alpha value is -2.49. The van der Waals surface area contributed by atoms with Crippen molar-refractivity contribution in [2.75, 3.05) is 20.8 Å². The molecule has 0 aliphatic carbocycles. The first kappa shape index (κ1) is 15.9. The van der Waals surface area contributed by atoms with Gasteiger partial charge in [-0.25, -0.2) is 0 Å². The summed E-state index contributed by atoms with van der Waals surface area (Å²) in [6, 6.07) is 13.1. The molecule has 0 saturated carbocycles. The molecule has 0 radical (unpaired) electrons. The van der Waals surface area contributed by atoms with Gasteiger partial charge in [0.15, 0.2) is 0 Å². The Morgan fingerprint density at radius 2 is 1.77 bits per heavy atom. The molecule has 0 heterocycles. The van der Waals surface area contributed by atoms with Gasteiger partial charge in [0.25, 0.3) is 5.91 Å². The van der Waals surface area contributed by atoms with E-state index in [2.05, 4.69) is 5.32 Å². The van der Waals surface area contributed by atoms with Gasteiger partial charge >= 0.3 is 0 Å². The quantitative estimate of drug-likeness (QED) is 0.892. The third-order valence-electron chi connectivity index (χ3n) is 3.58. The molecule has 2 rings (SSSR count). The van der Waals surface area contributed by atoms with Gasteiger partial charge < -0.3 is 14.8 Å². The molecule has 0 fully saturated rings. The summed E-state index contributed by atoms with van der Waals surface area (Å²) in [7, 11) is 3.29. The molecule has 1 amide bonds. The Kier molecular flexibility index (Phi) is 5.42. The average Bonchev–Trinajstić information content (AvgIpc) is 2.56. The zero-order valence-electron chi connectivity index (χ0n) is 13.2. The molecule has 0 aliphatic heterocycles. The van der Waals surface area contributed by atoms with E-state index in [9.17, 15) is 4.79 Å². The van der Waals surface area contributed by atoms with Gasteiger partial charge in [0.05, 0.1) is 14.2 Å². The molecule has 116 valence electrons. The van der Waals surface area contributed by atoms with Crippen molar-refractivity contribution in [1.29, 1.82) is 0 Å². The molecule has 4 nitrogen and oxygen atoms in total. The average molecular weight is 299 g/mol. The van der Waals surface area contributed by atoms with Crippen molar-refractivity contribution >= 4 is 5.91 Å². The summed E-state index contributed by atoms with van der Waals surface area (Å²) in [4.78, 5) is 12.0. The Morgan fingerprint density at radius 3 is 2.41 bits per heavy atom. The zero-order chi connectivity index (χ0) is 15.9. The van der Waals surface area contributed by atoms with Gasteiger partial charge in [0.1, 0.15) is 11.5 Å². The molecule has 0 aromatic heterocycles. The lowest BCUT2D eigenvalue weighted by atomic mass is 10.1. The first-order valence-electron chi connectivity index (χ1n) is 7.21. The molecule has 22 heavy (non-hydrogen) atoms. The molecular weight excluding hydrogens is 278 g/mol. The summed E-state index contributed by atoms with van der Waals surface area (Å²) in [5.74, 6) is 1.55. The molecule has 0 aliphatic rings. The van der Waals surface area contributed by atoms with E-state index in [1.807, 2.05) is 37.3 Å². The van der Waals surface area contributed by atoms with Crippen LogP contribution in [0.4, 0.5) is 0 Å². The van der Waals surface area contributed by atoms with E-state index in [-0.39, 0.29) is 5.91 Å². The molecular formula is C18H21NO3. The molecule has 0 unspecified atom stereocenters. The van der Waals surface area contributed by atoms with Crippen molar-refractivity contribution in [2.45, 2.75) is 13.3 Å². The molecule has 2 aromatic carbocycles. The Labute approximate surface area is 131 Å². The number of ether oxygens (including phenoxy) is 2. The Morgan fingerprint density at radius 1 is 1.05 bits per heavy atom. The molecule has 1 N–H and O–H groups in total. The van der Waals surface area contributed by atoms with Crippen LogP contribution in [-0.4, -0.2) is 26.7 Å². The maximum atomic E-state index is 12.0. The van der Waals surface area contributed by atoms with Gasteiger partial charge in [-0.1, -0.05) is 24.3 Å². The largest absolute Gasteiger partial charge is 0.496 e. The summed E-state index contributed by atoms with van der Waals surface area (Å²) < 4.78 is 10.8. The predicted octanol–water partition coefficient (Wildman–Crippen LogP) is 2.98. The summed E-state index contributed by atoms with van der Waals surface area (Å²) in [6.07, 6.45) is 0.701. The van der Waals surface area contributed by atoms with Crippen molar-refractivity contribution in [3.05, 3.63) is 59.2 Å². The summed E-state index contributed by atoms with van der Waals surface area (Å²) >= 11 is 0. The highest BCUT2D eigenvalue weighted by Gasteiger charge is 2.11. The Bertz CT molecular complexity index is 638. The fourth-order valence-electron chi connectivity index (χ4n) is 2.43. The highest BCUT2D eigenvalue weighted by Crippen LogP contribution is 2.31. The molecule has 2 aromatic rings. The number of amides is 1. The lowest BCUT2D eigenvalue weighted by Crippen LogP contribution is -2.25. The molecule has 0 saturated heterocycles. The first-order chi connectivity index (χ1) is 10.7. The zero-order valence-corrected chi connectivity index (χ0v) is 13.2. The van der Waals surface area contributed by atoms with Gasteiger partial charge in [-0.15, -0.1) is 0 Å². The van der Waals surface area contributed by atoms with Crippen LogP contribution in [0.2, 0.25) is 0 Å². The second kappa shape index (κ2) is 7.50. The van der Waals surface area contributed by atoms with Crippen molar-refractivity contribution in [1.82, 2.24) is 5.32 Å². The van der Waals surface area contributed by atoms with E-state index in [1.54, 1.807) is 26.4 Å². The second-order valence-electron chi connectivity index (χ2n) is 4.96. The van der Waals surface area contributed by atoms with Gasteiger partial charge in [-0.2, -0.15) is 0 Å². The van der Waals surface area contributed by atoms with Gasteiger partial charge in [-0.05, 0) is 37.1 Å². The molecule has 0 bridgehead atoms. The number of benzene rings is 2. The van der Waals surface area contributed by atoms with E-state index >= 15 is 0 Å². The van der Waals surface area contributed by atoms with Crippen molar-refractivity contribution in [3.8, 4) is 11.5 Å². The first-order valence-corrected chi connectivity index (χ1v) is 7.21. The molecule has 0 atom stereocenters. The van der Waals surface area contributed by atoms with E-state index in [0.717, 1.165) is 22.6 Å². The lowest BCUT2D eigenvalue weighted by molar-refractivity contribution is 0.0954. The van der Waals surface area contributed by atoms with Crippen LogP contribution in [0.1, 0.15) is 21.5 Å². The highest BCUT2D eigenvalue weighted by atomic mass is 16.5. The predicted molar refractivity (Wildman–Crippen MR) is 86.8 cm³/mol. The number of rotatable bonds is 6. The molecule has 0 spiro atoms. The van der Waals surface area contributed by atoms with E-state index in [1.165, 1.54) is 0 Å². The van der Waals surface area contributed by atoms with Crippen molar-refractivity contribution in [3.63, 3.8) is 0 Å². The maximum absolute atomic E-state index is 12.0. The number of hydrogen-bond donors (Lipinski definition) is 1. The minimum atomic E-state index is -0.0650. The monoisotopic (exact) mass is 299 g/mol. The third-order valence-corrected chi connectivity index (χ3v) is 3.58. The van der Waals surface area contributed by atoms with Crippen LogP contribution >= 0.6 is 0 Å². The highest BCUT2D eigenvalue weighted by molar-refractivity contribution is 5.94. The number of carbonyl (C=O) groups is 1. The van der Waals surface area contributed by atoms with Gasteiger partial charge in [0, 0.05) is 17.7 Å². The normalized spacial score (nSPS) is 10.1. The number of methoxy groups -OCH3 is 2. The van der Waals surface area contributed by atoms with Crippen molar-refractivity contribution in [2.24, 2.45) is 0 Å². The fourth-order valence-corrected chi connectivity index (χ4v) is 2.43. The minimum Gasteiger partial charge on any atom is -0.496 e. The topological polar surface area (TPSA) is 47.6 Å². The summed E-state index contributed by atoms with van der Waals surface area (Å²) in [5.41, 5.74) is 2.69. The standard InChI is InChI=1S/C18H21NO3/c1-13-16(21-2)10-9-14(17(13)22-3)11-12-19-18(20)15-7-5-4-6-8-15/h4-10H,11-12H2,1-3H3,(H,19,20). The van der Waals surface area contributed by atoms with Gasteiger partial charge in [-0.3, -0.25) is 4.79 Å².